The van der Waals surface area contributed by atoms with Gasteiger partial charge in [0.2, 0.25) is 11.8 Å². The van der Waals surface area contributed by atoms with Crippen molar-refractivity contribution in [2.45, 2.75) is 13.0 Å². The van der Waals surface area contributed by atoms with E-state index in [2.05, 4.69) is 15.6 Å². The first-order chi connectivity index (χ1) is 13.4. The lowest BCUT2D eigenvalue weighted by atomic mass is 10.2. The summed E-state index contributed by atoms with van der Waals surface area (Å²) < 4.78 is 1.37. The van der Waals surface area contributed by atoms with Gasteiger partial charge in [-0.15, -0.1) is 0 Å². The monoisotopic (exact) mass is 418 g/mol. The summed E-state index contributed by atoms with van der Waals surface area (Å²) in [5, 5.41) is 6.33. The molecule has 1 heterocycles. The molecule has 9 heteroatoms. The van der Waals surface area contributed by atoms with Crippen molar-refractivity contribution in [1.29, 1.82) is 0 Å². The van der Waals surface area contributed by atoms with Crippen molar-refractivity contribution in [2.24, 2.45) is 0 Å². The van der Waals surface area contributed by atoms with Gasteiger partial charge in [0, 0.05) is 18.0 Å². The molecule has 0 aliphatic carbocycles. The number of nitrogens with zero attached hydrogens (tertiary/aromatic N) is 2. The predicted molar refractivity (Wildman–Crippen MR) is 109 cm³/mol. The number of amides is 2. The van der Waals surface area contributed by atoms with Crippen LogP contribution < -0.4 is 16.2 Å². The number of benzene rings is 2. The SMILES string of the molecule is O=C(CCn1cnc2ccccc2c1=O)NCC(=O)Nc1cc(Cl)ccc1Cl. The molecule has 2 aromatic carbocycles. The Labute approximate surface area is 170 Å². The van der Waals surface area contributed by atoms with Crippen LogP contribution in [0.1, 0.15) is 6.42 Å². The number of aromatic nitrogens is 2. The molecule has 0 fully saturated rings. The van der Waals surface area contributed by atoms with Crippen molar-refractivity contribution in [3.05, 3.63) is 69.2 Å². The lowest BCUT2D eigenvalue weighted by Crippen LogP contribution is -2.34. The van der Waals surface area contributed by atoms with E-state index in [1.807, 2.05) is 0 Å². The average molecular weight is 419 g/mol. The highest BCUT2D eigenvalue weighted by molar-refractivity contribution is 6.35. The van der Waals surface area contributed by atoms with Crippen molar-refractivity contribution in [2.75, 3.05) is 11.9 Å². The van der Waals surface area contributed by atoms with Gasteiger partial charge in [-0.05, 0) is 30.3 Å². The predicted octanol–water partition coefficient (Wildman–Crippen LogP) is 2.85. The first-order valence-electron chi connectivity index (χ1n) is 8.40. The molecular formula is C19H16Cl2N4O3. The second-order valence-corrected chi connectivity index (χ2v) is 6.80. The van der Waals surface area contributed by atoms with E-state index in [0.717, 1.165) is 0 Å². The van der Waals surface area contributed by atoms with E-state index >= 15 is 0 Å². The maximum Gasteiger partial charge on any atom is 0.261 e. The van der Waals surface area contributed by atoms with Crippen LogP contribution in [-0.4, -0.2) is 27.9 Å². The molecule has 2 N–H and O–H groups in total. The summed E-state index contributed by atoms with van der Waals surface area (Å²) in [4.78, 5) is 40.5. The van der Waals surface area contributed by atoms with Gasteiger partial charge >= 0.3 is 0 Å². The molecule has 28 heavy (non-hydrogen) atoms. The van der Waals surface area contributed by atoms with E-state index in [1.165, 1.54) is 17.0 Å². The molecule has 1 aromatic heterocycles. The summed E-state index contributed by atoms with van der Waals surface area (Å²) >= 11 is 11.8. The average Bonchev–Trinajstić information content (AvgIpc) is 2.69. The van der Waals surface area contributed by atoms with Gasteiger partial charge in [-0.2, -0.15) is 0 Å². The van der Waals surface area contributed by atoms with Gasteiger partial charge in [-0.25, -0.2) is 4.98 Å². The maximum absolute atomic E-state index is 12.4. The molecule has 0 saturated carbocycles. The zero-order valence-electron chi connectivity index (χ0n) is 14.6. The van der Waals surface area contributed by atoms with Crippen LogP contribution in [0, 0.1) is 0 Å². The fraction of sp³-hybridized carbons (Fsp3) is 0.158. The second-order valence-electron chi connectivity index (χ2n) is 5.96. The summed E-state index contributed by atoms with van der Waals surface area (Å²) in [5.41, 5.74) is 0.749. The van der Waals surface area contributed by atoms with Crippen LogP contribution in [0.5, 0.6) is 0 Å². The number of anilines is 1. The van der Waals surface area contributed by atoms with Gasteiger partial charge in [-0.1, -0.05) is 35.3 Å². The van der Waals surface area contributed by atoms with Gasteiger partial charge in [0.25, 0.3) is 5.56 Å². The van der Waals surface area contributed by atoms with Crippen LogP contribution in [-0.2, 0) is 16.1 Å². The minimum absolute atomic E-state index is 0.0329. The second kappa shape index (κ2) is 8.86. The molecule has 0 saturated heterocycles. The number of carbonyl (C=O) groups is 2. The Kier molecular flexibility index (Phi) is 6.28. The zero-order valence-corrected chi connectivity index (χ0v) is 16.1. The Morgan fingerprint density at radius 3 is 2.68 bits per heavy atom. The van der Waals surface area contributed by atoms with Crippen LogP contribution in [0.3, 0.4) is 0 Å². The Hall–Kier alpha value is -2.90. The number of carbonyl (C=O) groups excluding carboxylic acids is 2. The van der Waals surface area contributed by atoms with E-state index in [4.69, 9.17) is 23.2 Å². The molecule has 0 unspecified atom stereocenters. The molecule has 7 nitrogen and oxygen atoms in total. The standard InChI is InChI=1S/C19H16Cl2N4O3/c20-12-5-6-14(21)16(9-12)24-18(27)10-22-17(26)7-8-25-11-23-15-4-2-1-3-13(15)19(25)28/h1-6,9,11H,7-8,10H2,(H,22,26)(H,24,27). The fourth-order valence-electron chi connectivity index (χ4n) is 2.54. The van der Waals surface area contributed by atoms with Crippen LogP contribution >= 0.6 is 23.2 Å². The summed E-state index contributed by atoms with van der Waals surface area (Å²) in [5.74, 6) is -0.811. The zero-order chi connectivity index (χ0) is 20.1. The highest BCUT2D eigenvalue weighted by Crippen LogP contribution is 2.25. The number of para-hydroxylation sites is 1. The highest BCUT2D eigenvalue weighted by atomic mass is 35.5. The molecule has 0 radical (unpaired) electrons. The number of fused-ring (bicyclic) bond motifs is 1. The van der Waals surface area contributed by atoms with Crippen LogP contribution in [0.25, 0.3) is 10.9 Å². The Balaban J connectivity index is 1.52. The quantitative estimate of drug-likeness (QED) is 0.643. The van der Waals surface area contributed by atoms with Crippen molar-refractivity contribution in [1.82, 2.24) is 14.9 Å². The summed E-state index contributed by atoms with van der Waals surface area (Å²) in [6, 6.07) is 11.7. The molecule has 2 amide bonds. The van der Waals surface area contributed by atoms with Gasteiger partial charge in [-0.3, -0.25) is 19.0 Å². The molecule has 0 atom stereocenters. The highest BCUT2D eigenvalue weighted by Gasteiger charge is 2.10. The Morgan fingerprint density at radius 1 is 1.07 bits per heavy atom. The molecule has 0 spiro atoms. The van der Waals surface area contributed by atoms with Gasteiger partial charge in [0.15, 0.2) is 0 Å². The smallest absolute Gasteiger partial charge is 0.261 e. The van der Waals surface area contributed by atoms with Gasteiger partial charge < -0.3 is 10.6 Å². The number of nitrogens with one attached hydrogen (secondary N) is 2. The van der Waals surface area contributed by atoms with Gasteiger partial charge in [0.1, 0.15) is 0 Å². The van der Waals surface area contributed by atoms with Crippen molar-refractivity contribution >= 4 is 51.6 Å². The third-order valence-electron chi connectivity index (χ3n) is 3.96. The number of aryl methyl sites for hydroxylation is 1. The molecular weight excluding hydrogens is 403 g/mol. The van der Waals surface area contributed by atoms with E-state index in [9.17, 15) is 14.4 Å². The van der Waals surface area contributed by atoms with E-state index in [1.54, 1.807) is 36.4 Å². The summed E-state index contributed by atoms with van der Waals surface area (Å²) in [6.45, 7) is -0.0726. The Bertz CT molecular complexity index is 1100. The lowest BCUT2D eigenvalue weighted by molar-refractivity contribution is -0.124. The number of hydrogen-bond donors (Lipinski definition) is 2. The largest absolute Gasteiger partial charge is 0.347 e. The lowest BCUT2D eigenvalue weighted by Gasteiger charge is -2.09. The number of rotatable bonds is 6. The van der Waals surface area contributed by atoms with Crippen LogP contribution in [0.4, 0.5) is 5.69 Å². The summed E-state index contributed by atoms with van der Waals surface area (Å²) in [7, 11) is 0. The van der Waals surface area contributed by atoms with Crippen LogP contribution in [0.15, 0.2) is 53.6 Å². The number of halogens is 2. The maximum atomic E-state index is 12.4. The minimum Gasteiger partial charge on any atom is -0.347 e. The first kappa shape index (κ1) is 19.9. The first-order valence-corrected chi connectivity index (χ1v) is 9.15. The molecule has 0 aliphatic heterocycles. The number of hydrogen-bond acceptors (Lipinski definition) is 4. The van der Waals surface area contributed by atoms with Crippen molar-refractivity contribution in [3.8, 4) is 0 Å². The molecule has 3 rings (SSSR count). The fourth-order valence-corrected chi connectivity index (χ4v) is 2.88. The molecule has 3 aromatic rings. The topological polar surface area (TPSA) is 93.1 Å². The molecule has 0 aliphatic rings. The van der Waals surface area contributed by atoms with E-state index in [-0.39, 0.29) is 31.0 Å². The Morgan fingerprint density at radius 2 is 1.86 bits per heavy atom. The minimum atomic E-state index is -0.443. The van der Waals surface area contributed by atoms with E-state index in [0.29, 0.717) is 26.6 Å². The molecule has 0 bridgehead atoms. The third kappa shape index (κ3) is 4.88. The van der Waals surface area contributed by atoms with Crippen molar-refractivity contribution in [3.63, 3.8) is 0 Å². The summed E-state index contributed by atoms with van der Waals surface area (Å²) in [6.07, 6.45) is 1.44. The van der Waals surface area contributed by atoms with Crippen molar-refractivity contribution < 1.29 is 9.59 Å². The normalized spacial score (nSPS) is 10.6. The van der Waals surface area contributed by atoms with Crippen LogP contribution in [0.2, 0.25) is 10.0 Å². The molecule has 144 valence electrons. The van der Waals surface area contributed by atoms with Gasteiger partial charge in [0.05, 0.1) is 34.5 Å². The third-order valence-corrected chi connectivity index (χ3v) is 4.52. The van der Waals surface area contributed by atoms with E-state index < -0.39 is 5.91 Å².